The molecule has 0 spiro atoms. The highest BCUT2D eigenvalue weighted by Crippen LogP contribution is 2.31. The minimum absolute atomic E-state index is 0.308. The average Bonchev–Trinajstić information content (AvgIpc) is 2.66. The van der Waals surface area contributed by atoms with E-state index in [-0.39, 0.29) is 6.42 Å². The van der Waals surface area contributed by atoms with Gasteiger partial charge in [0, 0.05) is 5.56 Å². The van der Waals surface area contributed by atoms with Gasteiger partial charge >= 0.3 is 0 Å². The highest BCUT2D eigenvalue weighted by atomic mass is 32.1. The van der Waals surface area contributed by atoms with Crippen LogP contribution in [0.4, 0.5) is 5.13 Å². The number of aliphatic hydroxyl groups excluding tert-OH is 2. The highest BCUT2D eigenvalue weighted by Gasteiger charge is 2.23. The summed E-state index contributed by atoms with van der Waals surface area (Å²) in [5, 5.41) is 20.1. The maximum absolute atomic E-state index is 10.7. The molecule has 96 valence electrons. The van der Waals surface area contributed by atoms with E-state index in [1.54, 1.807) is 12.1 Å². The number of aliphatic hydroxyl groups is 2. The number of para-hydroxylation sites is 1. The van der Waals surface area contributed by atoms with Crippen molar-refractivity contribution in [3.63, 3.8) is 0 Å². The predicted molar refractivity (Wildman–Crippen MR) is 68.8 cm³/mol. The van der Waals surface area contributed by atoms with Crippen LogP contribution in [-0.4, -0.2) is 27.2 Å². The number of primary amides is 1. The molecule has 1 amide bonds. The molecule has 6 nitrogen and oxygen atoms in total. The standard InChI is InChI=1S/C11H13N3O3S/c12-8(16)4-6(15)10(17)5-2-1-3-7-9(5)14-11(13)18-7/h1-3,6,10,15,17H,4H2,(H2,12,16)(H2,13,14). The maximum Gasteiger partial charge on any atom is 0.220 e. The van der Waals surface area contributed by atoms with Gasteiger partial charge in [0.1, 0.15) is 6.10 Å². The third-order valence-electron chi connectivity index (χ3n) is 2.56. The Morgan fingerprint density at radius 1 is 1.44 bits per heavy atom. The summed E-state index contributed by atoms with van der Waals surface area (Å²) in [5.41, 5.74) is 11.6. The average molecular weight is 267 g/mol. The van der Waals surface area contributed by atoms with Crippen LogP contribution in [0.15, 0.2) is 18.2 Å². The number of nitrogen functional groups attached to an aromatic ring is 1. The van der Waals surface area contributed by atoms with E-state index in [0.717, 1.165) is 4.70 Å². The summed E-state index contributed by atoms with van der Waals surface area (Å²) in [6.45, 7) is 0. The van der Waals surface area contributed by atoms with Crippen LogP contribution in [-0.2, 0) is 4.79 Å². The number of amides is 1. The van der Waals surface area contributed by atoms with E-state index in [2.05, 4.69) is 4.98 Å². The number of benzene rings is 1. The minimum Gasteiger partial charge on any atom is -0.390 e. The molecule has 0 aliphatic carbocycles. The first-order valence-corrected chi connectivity index (χ1v) is 6.10. The van der Waals surface area contributed by atoms with Crippen molar-refractivity contribution in [2.75, 3.05) is 5.73 Å². The first-order chi connectivity index (χ1) is 8.49. The third-order valence-corrected chi connectivity index (χ3v) is 3.41. The molecule has 7 heteroatoms. The molecule has 2 unspecified atom stereocenters. The van der Waals surface area contributed by atoms with Crippen LogP contribution in [0, 0.1) is 0 Å². The van der Waals surface area contributed by atoms with Crippen LogP contribution >= 0.6 is 11.3 Å². The first-order valence-electron chi connectivity index (χ1n) is 5.28. The summed E-state index contributed by atoms with van der Waals surface area (Å²) in [5.74, 6) is -0.675. The zero-order valence-corrected chi connectivity index (χ0v) is 10.2. The molecule has 0 radical (unpaired) electrons. The Balaban J connectivity index is 2.37. The topological polar surface area (TPSA) is 122 Å². The van der Waals surface area contributed by atoms with Crippen LogP contribution in [0.25, 0.3) is 10.2 Å². The molecule has 0 saturated heterocycles. The molecule has 0 aliphatic rings. The smallest absolute Gasteiger partial charge is 0.220 e. The number of anilines is 1. The van der Waals surface area contributed by atoms with E-state index in [1.165, 1.54) is 11.3 Å². The van der Waals surface area contributed by atoms with Crippen molar-refractivity contribution in [2.45, 2.75) is 18.6 Å². The van der Waals surface area contributed by atoms with Crippen molar-refractivity contribution in [1.29, 1.82) is 0 Å². The van der Waals surface area contributed by atoms with Crippen LogP contribution < -0.4 is 11.5 Å². The lowest BCUT2D eigenvalue weighted by molar-refractivity contribution is -0.121. The van der Waals surface area contributed by atoms with Gasteiger partial charge in [0.05, 0.1) is 22.7 Å². The number of fused-ring (bicyclic) bond motifs is 1. The molecule has 2 aromatic rings. The third kappa shape index (κ3) is 2.42. The zero-order valence-electron chi connectivity index (χ0n) is 9.41. The molecular formula is C11H13N3O3S. The Bertz CT molecular complexity index is 584. The molecule has 1 heterocycles. The van der Waals surface area contributed by atoms with Crippen LogP contribution in [0.1, 0.15) is 18.1 Å². The summed E-state index contributed by atoms with van der Waals surface area (Å²) >= 11 is 1.29. The van der Waals surface area contributed by atoms with Crippen molar-refractivity contribution in [3.05, 3.63) is 23.8 Å². The van der Waals surface area contributed by atoms with E-state index in [0.29, 0.717) is 16.2 Å². The molecule has 0 bridgehead atoms. The van der Waals surface area contributed by atoms with Gasteiger partial charge in [0.15, 0.2) is 5.13 Å². The largest absolute Gasteiger partial charge is 0.390 e. The molecule has 6 N–H and O–H groups in total. The number of carbonyl (C=O) groups excluding carboxylic acids is 1. The number of rotatable bonds is 4. The van der Waals surface area contributed by atoms with Gasteiger partial charge in [0.2, 0.25) is 5.91 Å². The Kier molecular flexibility index (Phi) is 3.46. The van der Waals surface area contributed by atoms with Gasteiger partial charge in [-0.05, 0) is 6.07 Å². The van der Waals surface area contributed by atoms with E-state index in [4.69, 9.17) is 11.5 Å². The van der Waals surface area contributed by atoms with Crippen LogP contribution in [0.5, 0.6) is 0 Å². The second kappa shape index (κ2) is 4.89. The van der Waals surface area contributed by atoms with E-state index >= 15 is 0 Å². The van der Waals surface area contributed by atoms with Gasteiger partial charge in [-0.25, -0.2) is 4.98 Å². The lowest BCUT2D eigenvalue weighted by Crippen LogP contribution is -2.25. The molecule has 0 saturated carbocycles. The lowest BCUT2D eigenvalue weighted by atomic mass is 10.0. The number of nitrogens with zero attached hydrogens (tertiary/aromatic N) is 1. The molecule has 0 aliphatic heterocycles. The number of hydrogen-bond acceptors (Lipinski definition) is 6. The fourth-order valence-electron chi connectivity index (χ4n) is 1.75. The Morgan fingerprint density at radius 3 is 2.83 bits per heavy atom. The summed E-state index contributed by atoms with van der Waals surface area (Å²) < 4.78 is 0.815. The van der Waals surface area contributed by atoms with E-state index in [1.807, 2.05) is 6.07 Å². The number of aromatic nitrogens is 1. The highest BCUT2D eigenvalue weighted by molar-refractivity contribution is 7.22. The predicted octanol–water partition coefficient (Wildman–Crippen LogP) is 0.148. The Labute approximate surface area is 107 Å². The van der Waals surface area contributed by atoms with Crippen LogP contribution in [0.2, 0.25) is 0 Å². The van der Waals surface area contributed by atoms with E-state index in [9.17, 15) is 15.0 Å². The molecule has 2 rings (SSSR count). The minimum atomic E-state index is -1.25. The van der Waals surface area contributed by atoms with Crippen molar-refractivity contribution in [2.24, 2.45) is 5.73 Å². The molecule has 1 aromatic heterocycles. The summed E-state index contributed by atoms with van der Waals surface area (Å²) in [4.78, 5) is 14.8. The van der Waals surface area contributed by atoms with Gasteiger partial charge < -0.3 is 21.7 Å². The second-order valence-corrected chi connectivity index (χ2v) is 4.99. The normalized spacial score (nSPS) is 14.6. The van der Waals surface area contributed by atoms with Crippen molar-refractivity contribution in [3.8, 4) is 0 Å². The van der Waals surface area contributed by atoms with Crippen molar-refractivity contribution < 1.29 is 15.0 Å². The number of nitrogens with two attached hydrogens (primary N) is 2. The lowest BCUT2D eigenvalue weighted by Gasteiger charge is -2.17. The van der Waals surface area contributed by atoms with Crippen LogP contribution in [0.3, 0.4) is 0 Å². The number of hydrogen-bond donors (Lipinski definition) is 4. The fraction of sp³-hybridized carbons (Fsp3) is 0.273. The van der Waals surface area contributed by atoms with Gasteiger partial charge in [-0.3, -0.25) is 4.79 Å². The monoisotopic (exact) mass is 267 g/mol. The Morgan fingerprint density at radius 2 is 2.17 bits per heavy atom. The SMILES string of the molecule is NC(=O)CC(O)C(O)c1cccc2sc(N)nc12. The maximum atomic E-state index is 10.7. The van der Waals surface area contributed by atoms with E-state index < -0.39 is 18.1 Å². The quantitative estimate of drug-likeness (QED) is 0.628. The van der Waals surface area contributed by atoms with Gasteiger partial charge in [-0.1, -0.05) is 23.5 Å². The first kappa shape index (κ1) is 12.7. The van der Waals surface area contributed by atoms with Crippen molar-refractivity contribution >= 4 is 32.6 Å². The molecule has 18 heavy (non-hydrogen) atoms. The number of thiazole rings is 1. The van der Waals surface area contributed by atoms with Gasteiger partial charge in [-0.15, -0.1) is 0 Å². The van der Waals surface area contributed by atoms with Gasteiger partial charge in [0.25, 0.3) is 0 Å². The molecule has 2 atom stereocenters. The summed E-state index contributed by atoms with van der Waals surface area (Å²) in [6.07, 6.45) is -2.78. The molecule has 1 aromatic carbocycles. The molecular weight excluding hydrogens is 254 g/mol. The Hall–Kier alpha value is -1.70. The fourth-order valence-corrected chi connectivity index (χ4v) is 2.52. The second-order valence-electron chi connectivity index (χ2n) is 3.93. The molecule has 0 fully saturated rings. The summed E-state index contributed by atoms with van der Waals surface area (Å²) in [7, 11) is 0. The van der Waals surface area contributed by atoms with Crippen molar-refractivity contribution in [1.82, 2.24) is 4.98 Å². The number of carbonyl (C=O) groups is 1. The zero-order chi connectivity index (χ0) is 13.3. The summed E-state index contributed by atoms with van der Waals surface area (Å²) in [6, 6.07) is 5.19. The van der Waals surface area contributed by atoms with Gasteiger partial charge in [-0.2, -0.15) is 0 Å².